The number of benzene rings is 1. The first kappa shape index (κ1) is 15.9. The second kappa shape index (κ2) is 8.07. The Morgan fingerprint density at radius 2 is 1.86 bits per heavy atom. The van der Waals surface area contributed by atoms with Crippen LogP contribution in [-0.2, 0) is 6.54 Å². The summed E-state index contributed by atoms with van der Waals surface area (Å²) in [6.07, 6.45) is 1.14. The van der Waals surface area contributed by atoms with E-state index >= 15 is 0 Å². The van der Waals surface area contributed by atoms with Crippen LogP contribution in [0.2, 0.25) is 0 Å². The Kier molecular flexibility index (Phi) is 6.10. The van der Waals surface area contributed by atoms with Crippen molar-refractivity contribution in [2.24, 2.45) is 0 Å². The molecule has 116 valence electrons. The van der Waals surface area contributed by atoms with E-state index in [9.17, 15) is 10.1 Å². The number of non-ortho nitro benzene ring substituents is 1. The third-order valence-electron chi connectivity index (χ3n) is 3.90. The van der Waals surface area contributed by atoms with Crippen LogP contribution >= 0.6 is 0 Å². The molecule has 2 rings (SSSR count). The Balaban J connectivity index is 1.58. The minimum atomic E-state index is -0.368. The highest BCUT2D eigenvalue weighted by atomic mass is 16.6. The molecule has 0 spiro atoms. The number of nitro groups is 1. The van der Waals surface area contributed by atoms with Gasteiger partial charge >= 0.3 is 0 Å². The van der Waals surface area contributed by atoms with Crippen molar-refractivity contribution in [2.45, 2.75) is 13.0 Å². The molecule has 1 fully saturated rings. The van der Waals surface area contributed by atoms with Crippen LogP contribution in [0.4, 0.5) is 5.69 Å². The van der Waals surface area contributed by atoms with Gasteiger partial charge in [0, 0.05) is 44.9 Å². The monoisotopic (exact) mass is 292 g/mol. The van der Waals surface area contributed by atoms with E-state index in [2.05, 4.69) is 22.2 Å². The van der Waals surface area contributed by atoms with Crippen molar-refractivity contribution < 1.29 is 4.92 Å². The molecule has 0 bridgehead atoms. The van der Waals surface area contributed by atoms with E-state index in [1.165, 1.54) is 13.1 Å². The minimum Gasteiger partial charge on any atom is -0.313 e. The van der Waals surface area contributed by atoms with Crippen molar-refractivity contribution in [3.05, 3.63) is 39.9 Å². The number of piperazine rings is 1. The van der Waals surface area contributed by atoms with Gasteiger partial charge in [-0.15, -0.1) is 0 Å². The summed E-state index contributed by atoms with van der Waals surface area (Å²) in [7, 11) is 2.17. The molecule has 0 unspecified atom stereocenters. The number of nitrogens with zero attached hydrogens (tertiary/aromatic N) is 3. The summed E-state index contributed by atoms with van der Waals surface area (Å²) in [5, 5.41) is 14.0. The molecule has 1 aromatic carbocycles. The summed E-state index contributed by atoms with van der Waals surface area (Å²) in [5.41, 5.74) is 1.23. The van der Waals surface area contributed by atoms with Crippen molar-refractivity contribution in [1.82, 2.24) is 15.1 Å². The largest absolute Gasteiger partial charge is 0.313 e. The highest BCUT2D eigenvalue weighted by molar-refractivity contribution is 5.32. The fourth-order valence-corrected chi connectivity index (χ4v) is 2.47. The van der Waals surface area contributed by atoms with Gasteiger partial charge in [-0.05, 0) is 32.1 Å². The second-order valence-electron chi connectivity index (χ2n) is 5.60. The third-order valence-corrected chi connectivity index (χ3v) is 3.90. The second-order valence-corrected chi connectivity index (χ2v) is 5.60. The van der Waals surface area contributed by atoms with Crippen molar-refractivity contribution in [3.8, 4) is 0 Å². The van der Waals surface area contributed by atoms with E-state index in [-0.39, 0.29) is 10.6 Å². The fourth-order valence-electron chi connectivity index (χ4n) is 2.47. The van der Waals surface area contributed by atoms with Gasteiger partial charge in [0.1, 0.15) is 0 Å². The molecule has 6 nitrogen and oxygen atoms in total. The number of nitro benzene ring substituents is 1. The van der Waals surface area contributed by atoms with Gasteiger partial charge in [0.2, 0.25) is 0 Å². The van der Waals surface area contributed by atoms with E-state index in [1.807, 2.05) is 12.1 Å². The average Bonchev–Trinajstić information content (AvgIpc) is 2.49. The Bertz CT molecular complexity index is 441. The number of nitrogens with one attached hydrogen (secondary N) is 1. The van der Waals surface area contributed by atoms with Crippen molar-refractivity contribution in [1.29, 1.82) is 0 Å². The van der Waals surface area contributed by atoms with Gasteiger partial charge in [0.05, 0.1) is 4.92 Å². The average molecular weight is 292 g/mol. The summed E-state index contributed by atoms with van der Waals surface area (Å²) in [4.78, 5) is 15.1. The topological polar surface area (TPSA) is 61.6 Å². The van der Waals surface area contributed by atoms with Gasteiger partial charge in [-0.2, -0.15) is 0 Å². The lowest BCUT2D eigenvalue weighted by Crippen LogP contribution is -2.45. The Hall–Kier alpha value is -1.50. The maximum Gasteiger partial charge on any atom is 0.269 e. The molecule has 0 atom stereocenters. The number of hydrogen-bond donors (Lipinski definition) is 1. The summed E-state index contributed by atoms with van der Waals surface area (Å²) in [5.74, 6) is 0. The first-order valence-electron chi connectivity index (χ1n) is 7.50. The van der Waals surface area contributed by atoms with E-state index < -0.39 is 0 Å². The molecule has 1 aliphatic rings. The zero-order valence-electron chi connectivity index (χ0n) is 12.6. The molecule has 0 saturated carbocycles. The zero-order valence-corrected chi connectivity index (χ0v) is 12.6. The molecular formula is C15H24N4O2. The highest BCUT2D eigenvalue weighted by Gasteiger charge is 2.12. The van der Waals surface area contributed by atoms with Gasteiger partial charge in [0.25, 0.3) is 5.69 Å². The predicted octanol–water partition coefficient (Wildman–Crippen LogP) is 1.32. The third kappa shape index (κ3) is 5.41. The van der Waals surface area contributed by atoms with Crippen molar-refractivity contribution in [2.75, 3.05) is 46.3 Å². The molecule has 0 aromatic heterocycles. The van der Waals surface area contributed by atoms with Crippen LogP contribution in [0, 0.1) is 10.1 Å². The normalized spacial score (nSPS) is 17.0. The maximum atomic E-state index is 10.6. The predicted molar refractivity (Wildman–Crippen MR) is 83.4 cm³/mol. The van der Waals surface area contributed by atoms with Gasteiger partial charge in [-0.25, -0.2) is 0 Å². The molecule has 21 heavy (non-hydrogen) atoms. The first-order chi connectivity index (χ1) is 10.1. The molecule has 1 N–H and O–H groups in total. The van der Waals surface area contributed by atoms with Crippen LogP contribution in [0.5, 0.6) is 0 Å². The number of hydrogen-bond acceptors (Lipinski definition) is 5. The fraction of sp³-hybridized carbons (Fsp3) is 0.600. The first-order valence-corrected chi connectivity index (χ1v) is 7.50. The molecule has 1 aliphatic heterocycles. The van der Waals surface area contributed by atoms with Crippen LogP contribution in [0.15, 0.2) is 24.3 Å². The van der Waals surface area contributed by atoms with Crippen molar-refractivity contribution in [3.63, 3.8) is 0 Å². The Morgan fingerprint density at radius 1 is 1.19 bits per heavy atom. The van der Waals surface area contributed by atoms with Gasteiger partial charge < -0.3 is 15.1 Å². The number of rotatable bonds is 7. The van der Waals surface area contributed by atoms with E-state index in [1.54, 1.807) is 12.1 Å². The van der Waals surface area contributed by atoms with Crippen molar-refractivity contribution >= 4 is 5.69 Å². The summed E-state index contributed by atoms with van der Waals surface area (Å²) < 4.78 is 0. The van der Waals surface area contributed by atoms with E-state index in [0.717, 1.165) is 44.7 Å². The summed E-state index contributed by atoms with van der Waals surface area (Å²) in [6.45, 7) is 7.54. The highest BCUT2D eigenvalue weighted by Crippen LogP contribution is 2.11. The summed E-state index contributed by atoms with van der Waals surface area (Å²) in [6, 6.07) is 6.74. The molecular weight excluding hydrogens is 268 g/mol. The molecule has 0 amide bonds. The quantitative estimate of drug-likeness (QED) is 0.466. The lowest BCUT2D eigenvalue weighted by atomic mass is 10.2. The Morgan fingerprint density at radius 3 is 2.48 bits per heavy atom. The molecule has 6 heteroatoms. The number of likely N-dealkylation sites (N-methyl/N-ethyl adjacent to an activating group) is 1. The maximum absolute atomic E-state index is 10.6. The zero-order chi connectivity index (χ0) is 15.1. The minimum absolute atomic E-state index is 0.147. The molecule has 1 aromatic rings. The van der Waals surface area contributed by atoms with Crippen LogP contribution in [0.3, 0.4) is 0 Å². The van der Waals surface area contributed by atoms with Gasteiger partial charge in [0.15, 0.2) is 0 Å². The van der Waals surface area contributed by atoms with E-state index in [0.29, 0.717) is 0 Å². The van der Waals surface area contributed by atoms with Crippen LogP contribution in [0.1, 0.15) is 12.0 Å². The van der Waals surface area contributed by atoms with Gasteiger partial charge in [-0.1, -0.05) is 12.1 Å². The summed E-state index contributed by atoms with van der Waals surface area (Å²) >= 11 is 0. The van der Waals surface area contributed by atoms with Crippen LogP contribution in [-0.4, -0.2) is 61.0 Å². The van der Waals surface area contributed by atoms with Crippen LogP contribution < -0.4 is 5.32 Å². The standard InChI is InChI=1S/C15H24N4O2/c1-17-9-11-18(12-10-17)8-2-7-16-13-14-3-5-15(6-4-14)19(20)21/h3-6,16H,2,7-13H2,1H3. The molecule has 1 heterocycles. The lowest BCUT2D eigenvalue weighted by molar-refractivity contribution is -0.384. The SMILES string of the molecule is CN1CCN(CCCNCc2ccc([N+](=O)[O-])cc2)CC1. The molecule has 0 aliphatic carbocycles. The van der Waals surface area contributed by atoms with Gasteiger partial charge in [-0.3, -0.25) is 10.1 Å². The smallest absolute Gasteiger partial charge is 0.269 e. The Labute approximate surface area is 125 Å². The van der Waals surface area contributed by atoms with E-state index in [4.69, 9.17) is 0 Å². The lowest BCUT2D eigenvalue weighted by Gasteiger charge is -2.32. The molecule has 0 radical (unpaired) electrons. The molecule has 1 saturated heterocycles. The van der Waals surface area contributed by atoms with Crippen LogP contribution in [0.25, 0.3) is 0 Å².